The summed E-state index contributed by atoms with van der Waals surface area (Å²) in [5, 5.41) is 8.97. The Morgan fingerprint density at radius 1 is 1.44 bits per heavy atom. The summed E-state index contributed by atoms with van der Waals surface area (Å²) in [6, 6.07) is 4.81. The molecule has 0 saturated carbocycles. The van der Waals surface area contributed by atoms with Gasteiger partial charge in [0.2, 0.25) is 0 Å². The van der Waals surface area contributed by atoms with Gasteiger partial charge in [-0.15, -0.1) is 0 Å². The van der Waals surface area contributed by atoms with Crippen molar-refractivity contribution in [3.05, 3.63) is 60.2 Å². The third-order valence-corrected chi connectivity index (χ3v) is 3.49. The molecular formula is C16H16F3N3O3. The fraction of sp³-hybridized carbons (Fsp3) is 0.250. The molecule has 6 nitrogen and oxygen atoms in total. The summed E-state index contributed by atoms with van der Waals surface area (Å²) in [5.41, 5.74) is 0.0310. The molecule has 2 rings (SSSR count). The number of benzene rings is 1. The molecule has 25 heavy (non-hydrogen) atoms. The first-order valence-corrected chi connectivity index (χ1v) is 7.22. The lowest BCUT2D eigenvalue weighted by atomic mass is 10.0. The van der Waals surface area contributed by atoms with Gasteiger partial charge < -0.3 is 9.67 Å². The van der Waals surface area contributed by atoms with Gasteiger partial charge in [-0.2, -0.15) is 13.2 Å². The predicted octanol–water partition coefficient (Wildman–Crippen LogP) is 2.72. The minimum atomic E-state index is -4.47. The van der Waals surface area contributed by atoms with Gasteiger partial charge >= 0.3 is 12.1 Å². The third kappa shape index (κ3) is 5.16. The average molecular weight is 355 g/mol. The monoisotopic (exact) mass is 355 g/mol. The Bertz CT molecular complexity index is 743. The van der Waals surface area contributed by atoms with Crippen LogP contribution in [0, 0.1) is 0 Å². The highest BCUT2D eigenvalue weighted by molar-refractivity contribution is 5.73. The minimum absolute atomic E-state index is 0.0912. The Morgan fingerprint density at radius 2 is 2.20 bits per heavy atom. The molecule has 0 aliphatic rings. The van der Waals surface area contributed by atoms with Crippen LogP contribution in [0.5, 0.6) is 0 Å². The van der Waals surface area contributed by atoms with Gasteiger partial charge in [-0.1, -0.05) is 18.2 Å². The summed E-state index contributed by atoms with van der Waals surface area (Å²) >= 11 is 0. The van der Waals surface area contributed by atoms with Gasteiger partial charge in [0.15, 0.2) is 6.10 Å². The summed E-state index contributed by atoms with van der Waals surface area (Å²) in [6.45, 7) is 0.220. The van der Waals surface area contributed by atoms with Crippen LogP contribution in [0.3, 0.4) is 0 Å². The number of nitrogens with two attached hydrogens (primary N) is 1. The van der Waals surface area contributed by atoms with Crippen LogP contribution in [0.2, 0.25) is 0 Å². The first kappa shape index (κ1) is 18.7. The zero-order chi connectivity index (χ0) is 18.4. The van der Waals surface area contributed by atoms with Crippen LogP contribution < -0.4 is 5.90 Å². The van der Waals surface area contributed by atoms with E-state index in [9.17, 15) is 18.0 Å². The van der Waals surface area contributed by atoms with E-state index in [1.807, 2.05) is 0 Å². The number of rotatable bonds is 7. The number of nitrogens with zero attached hydrogens (tertiary/aromatic N) is 2. The summed E-state index contributed by atoms with van der Waals surface area (Å²) in [5.74, 6) is 3.68. The van der Waals surface area contributed by atoms with Crippen LogP contribution in [0.25, 0.3) is 5.57 Å². The number of aromatic nitrogens is 2. The zero-order valence-corrected chi connectivity index (χ0v) is 13.0. The van der Waals surface area contributed by atoms with Gasteiger partial charge in [-0.05, 0) is 23.3 Å². The molecule has 1 atom stereocenters. The van der Waals surface area contributed by atoms with Crippen LogP contribution in [0.15, 0.2) is 49.1 Å². The topological polar surface area (TPSA) is 90.4 Å². The van der Waals surface area contributed by atoms with Crippen LogP contribution >= 0.6 is 0 Å². The lowest BCUT2D eigenvalue weighted by Crippen LogP contribution is -2.26. The quantitative estimate of drug-likeness (QED) is 0.746. The van der Waals surface area contributed by atoms with Gasteiger partial charge in [0.05, 0.1) is 11.9 Å². The van der Waals surface area contributed by atoms with E-state index in [0.717, 1.165) is 12.1 Å². The third-order valence-electron chi connectivity index (χ3n) is 3.49. The second-order valence-corrected chi connectivity index (χ2v) is 5.24. The number of hydrogen-bond donors (Lipinski definition) is 2. The van der Waals surface area contributed by atoms with Crippen molar-refractivity contribution in [2.24, 2.45) is 5.90 Å². The normalized spacial score (nSPS) is 13.7. The molecule has 0 bridgehead atoms. The number of allylic oxidation sites excluding steroid dienone is 1. The predicted molar refractivity (Wildman–Crippen MR) is 83.0 cm³/mol. The van der Waals surface area contributed by atoms with Crippen LogP contribution in [0.4, 0.5) is 13.2 Å². The van der Waals surface area contributed by atoms with E-state index in [4.69, 9.17) is 11.0 Å². The van der Waals surface area contributed by atoms with Gasteiger partial charge in [0.1, 0.15) is 0 Å². The van der Waals surface area contributed by atoms with Crippen molar-refractivity contribution in [2.45, 2.75) is 25.2 Å². The second-order valence-electron chi connectivity index (χ2n) is 5.24. The summed E-state index contributed by atoms with van der Waals surface area (Å²) in [4.78, 5) is 19.2. The number of hydrogen-bond acceptors (Lipinski definition) is 4. The standard InChI is InChI=1S/C16H16F3N3O3/c17-16(18,19)13-3-1-2-11(8-13)12(9-22-7-6-21-10-22)4-5-14(25-20)15(23)24/h1-4,6-8,10,14H,5,9,20H2,(H,23,24)/b12-4-. The largest absolute Gasteiger partial charge is 0.479 e. The maximum atomic E-state index is 12.9. The Morgan fingerprint density at radius 3 is 2.76 bits per heavy atom. The van der Waals surface area contributed by atoms with Crippen molar-refractivity contribution in [3.8, 4) is 0 Å². The molecule has 9 heteroatoms. The van der Waals surface area contributed by atoms with Crippen molar-refractivity contribution in [2.75, 3.05) is 0 Å². The van der Waals surface area contributed by atoms with E-state index >= 15 is 0 Å². The molecule has 1 aromatic carbocycles. The molecule has 1 unspecified atom stereocenters. The van der Waals surface area contributed by atoms with E-state index in [1.54, 1.807) is 10.8 Å². The minimum Gasteiger partial charge on any atom is -0.479 e. The maximum absolute atomic E-state index is 12.9. The number of carboxylic acid groups (broad SMARTS) is 1. The molecule has 3 N–H and O–H groups in total. The fourth-order valence-electron chi connectivity index (χ4n) is 2.21. The lowest BCUT2D eigenvalue weighted by Gasteiger charge is -2.14. The van der Waals surface area contributed by atoms with E-state index in [-0.39, 0.29) is 13.0 Å². The molecule has 0 saturated heterocycles. The molecule has 0 amide bonds. The van der Waals surface area contributed by atoms with Crippen LogP contribution in [-0.2, 0) is 22.4 Å². The smallest absolute Gasteiger partial charge is 0.416 e. The highest BCUT2D eigenvalue weighted by Gasteiger charge is 2.30. The van der Waals surface area contributed by atoms with Crippen molar-refractivity contribution < 1.29 is 27.9 Å². The highest BCUT2D eigenvalue weighted by atomic mass is 19.4. The number of carboxylic acids is 1. The second kappa shape index (κ2) is 7.95. The molecule has 134 valence electrons. The Kier molecular flexibility index (Phi) is 5.94. The van der Waals surface area contributed by atoms with E-state index in [2.05, 4.69) is 9.82 Å². The first-order chi connectivity index (χ1) is 11.8. The van der Waals surface area contributed by atoms with Crippen LogP contribution in [-0.4, -0.2) is 26.7 Å². The fourth-order valence-corrected chi connectivity index (χ4v) is 2.21. The Labute approximate surface area is 141 Å². The zero-order valence-electron chi connectivity index (χ0n) is 13.0. The molecule has 1 aromatic heterocycles. The first-order valence-electron chi connectivity index (χ1n) is 7.22. The molecule has 0 spiro atoms. The van der Waals surface area contributed by atoms with Gasteiger partial charge in [-0.25, -0.2) is 15.7 Å². The molecule has 0 radical (unpaired) electrons. The Hall–Kier alpha value is -2.65. The van der Waals surface area contributed by atoms with Gasteiger partial charge in [-0.3, -0.25) is 4.84 Å². The summed E-state index contributed by atoms with van der Waals surface area (Å²) in [6.07, 6.45) is 0.342. The van der Waals surface area contributed by atoms with Gasteiger partial charge in [0.25, 0.3) is 0 Å². The maximum Gasteiger partial charge on any atom is 0.416 e. The van der Waals surface area contributed by atoms with Crippen LogP contribution in [0.1, 0.15) is 17.5 Å². The van der Waals surface area contributed by atoms with E-state index in [1.165, 1.54) is 30.7 Å². The number of imidazole rings is 1. The number of alkyl halides is 3. The van der Waals surface area contributed by atoms with Crippen molar-refractivity contribution in [1.29, 1.82) is 0 Å². The van der Waals surface area contributed by atoms with Crippen molar-refractivity contribution in [3.63, 3.8) is 0 Å². The van der Waals surface area contributed by atoms with Crippen molar-refractivity contribution in [1.82, 2.24) is 9.55 Å². The van der Waals surface area contributed by atoms with E-state index in [0.29, 0.717) is 11.1 Å². The molecule has 0 fully saturated rings. The van der Waals surface area contributed by atoms with Gasteiger partial charge in [0, 0.05) is 25.4 Å². The molecule has 2 aromatic rings. The summed E-state index contributed by atoms with van der Waals surface area (Å²) < 4.78 is 40.5. The van der Waals surface area contributed by atoms with E-state index < -0.39 is 23.8 Å². The average Bonchev–Trinajstić information content (AvgIpc) is 3.06. The molecule has 1 heterocycles. The number of aliphatic carboxylic acids is 1. The van der Waals surface area contributed by atoms with Crippen molar-refractivity contribution >= 4 is 11.5 Å². The lowest BCUT2D eigenvalue weighted by molar-refractivity contribution is -0.150. The SMILES string of the molecule is NOC(C/C=C(/Cn1ccnc1)c1cccc(C(F)(F)F)c1)C(=O)O. The molecular weight excluding hydrogens is 339 g/mol. The number of carbonyl (C=O) groups is 1. The number of halogens is 3. The summed E-state index contributed by atoms with van der Waals surface area (Å²) in [7, 11) is 0. The molecule has 0 aliphatic heterocycles. The Balaban J connectivity index is 2.35. The highest BCUT2D eigenvalue weighted by Crippen LogP contribution is 2.31. The molecule has 0 aliphatic carbocycles.